The zero-order valence-corrected chi connectivity index (χ0v) is 18.8. The van der Waals surface area contributed by atoms with Crippen molar-refractivity contribution in [2.24, 2.45) is 0 Å². The third-order valence-corrected chi connectivity index (χ3v) is 5.91. The fourth-order valence-electron chi connectivity index (χ4n) is 3.19. The van der Waals surface area contributed by atoms with Crippen LogP contribution in [0, 0.1) is 13.8 Å². The lowest BCUT2D eigenvalue weighted by Crippen LogP contribution is -2.13. The molecule has 0 aliphatic rings. The second-order valence-corrected chi connectivity index (χ2v) is 8.35. The highest BCUT2D eigenvalue weighted by Crippen LogP contribution is 2.30. The number of nitrogens with one attached hydrogen (secondary N) is 2. The summed E-state index contributed by atoms with van der Waals surface area (Å²) in [6.45, 7) is 3.96. The number of hydrogen-bond acceptors (Lipinski definition) is 3. The molecular weight excluding hydrogens is 462 g/mol. The summed E-state index contributed by atoms with van der Waals surface area (Å²) in [7, 11) is 0. The van der Waals surface area contributed by atoms with Gasteiger partial charge in [0, 0.05) is 26.8 Å². The van der Waals surface area contributed by atoms with Crippen LogP contribution >= 0.6 is 27.5 Å². The number of anilines is 3. The fraction of sp³-hybridized carbons (Fsp3) is 0.0833. The molecule has 0 aliphatic heterocycles. The van der Waals surface area contributed by atoms with Crippen LogP contribution in [-0.2, 0) is 0 Å². The molecule has 0 fully saturated rings. The molecule has 0 saturated carbocycles. The van der Waals surface area contributed by atoms with Gasteiger partial charge in [0.05, 0.1) is 11.3 Å². The number of carbonyl (C=O) groups excluding carboxylic acids is 1. The fourth-order valence-corrected chi connectivity index (χ4v) is 3.96. The summed E-state index contributed by atoms with van der Waals surface area (Å²) in [5.74, 6) is 0.451. The van der Waals surface area contributed by atoms with Gasteiger partial charge in [0.2, 0.25) is 0 Å². The van der Waals surface area contributed by atoms with E-state index in [2.05, 4.69) is 31.5 Å². The van der Waals surface area contributed by atoms with E-state index in [0.717, 1.165) is 32.1 Å². The Bertz CT molecular complexity index is 1270. The van der Waals surface area contributed by atoms with E-state index in [-0.39, 0.29) is 5.91 Å². The molecule has 30 heavy (non-hydrogen) atoms. The topological polar surface area (TPSA) is 54.0 Å². The van der Waals surface area contributed by atoms with Crippen LogP contribution in [0.2, 0.25) is 5.02 Å². The number of nitrogens with zero attached hydrogens (tertiary/aromatic N) is 1. The van der Waals surface area contributed by atoms with Crippen molar-refractivity contribution in [3.8, 4) is 0 Å². The first kappa shape index (κ1) is 20.4. The molecule has 1 aromatic heterocycles. The van der Waals surface area contributed by atoms with Crippen molar-refractivity contribution in [1.82, 2.24) is 4.98 Å². The van der Waals surface area contributed by atoms with Crippen molar-refractivity contribution in [3.05, 3.63) is 93.0 Å². The Balaban J connectivity index is 1.69. The van der Waals surface area contributed by atoms with Crippen molar-refractivity contribution in [1.29, 1.82) is 0 Å². The Morgan fingerprint density at radius 2 is 1.77 bits per heavy atom. The Kier molecular flexibility index (Phi) is 5.75. The van der Waals surface area contributed by atoms with E-state index >= 15 is 0 Å². The first-order chi connectivity index (χ1) is 14.4. The maximum absolute atomic E-state index is 13.0. The molecule has 1 heterocycles. The van der Waals surface area contributed by atoms with Crippen LogP contribution in [0.5, 0.6) is 0 Å². The molecule has 6 heteroatoms. The molecule has 3 aromatic carbocycles. The molecule has 4 aromatic rings. The van der Waals surface area contributed by atoms with E-state index in [4.69, 9.17) is 11.6 Å². The highest BCUT2D eigenvalue weighted by molar-refractivity contribution is 9.10. The zero-order valence-electron chi connectivity index (χ0n) is 16.5. The molecule has 0 unspecified atom stereocenters. The van der Waals surface area contributed by atoms with Crippen LogP contribution in [0.4, 0.5) is 17.2 Å². The van der Waals surface area contributed by atoms with Gasteiger partial charge in [-0.05, 0) is 70.6 Å². The summed E-state index contributed by atoms with van der Waals surface area (Å²) in [6, 6.07) is 19.3. The van der Waals surface area contributed by atoms with Crippen LogP contribution in [0.15, 0.2) is 71.3 Å². The molecule has 1 amide bonds. The predicted molar refractivity (Wildman–Crippen MR) is 128 cm³/mol. The minimum absolute atomic E-state index is 0.215. The molecule has 150 valence electrons. The Morgan fingerprint density at radius 3 is 2.50 bits per heavy atom. The van der Waals surface area contributed by atoms with Crippen LogP contribution in [0.25, 0.3) is 10.8 Å². The second kappa shape index (κ2) is 8.46. The molecule has 0 radical (unpaired) electrons. The number of halogens is 2. The predicted octanol–water partition coefficient (Wildman–Crippen LogP) is 7.26. The molecular formula is C24H19BrClN3O. The van der Waals surface area contributed by atoms with Gasteiger partial charge in [-0.3, -0.25) is 4.79 Å². The highest BCUT2D eigenvalue weighted by atomic mass is 79.9. The Hall–Kier alpha value is -2.89. The number of amides is 1. The molecule has 4 nitrogen and oxygen atoms in total. The first-order valence-electron chi connectivity index (χ1n) is 9.41. The monoisotopic (exact) mass is 479 g/mol. The number of fused-ring (bicyclic) bond motifs is 1. The van der Waals surface area contributed by atoms with Gasteiger partial charge in [0.15, 0.2) is 0 Å². The number of aromatic nitrogens is 1. The number of hydrogen-bond donors (Lipinski definition) is 2. The summed E-state index contributed by atoms with van der Waals surface area (Å²) in [6.07, 6.45) is 1.60. The minimum atomic E-state index is -0.215. The Labute approximate surface area is 188 Å². The molecule has 0 bridgehead atoms. The molecule has 0 aliphatic carbocycles. The van der Waals surface area contributed by atoms with E-state index in [1.165, 1.54) is 0 Å². The van der Waals surface area contributed by atoms with Gasteiger partial charge in [-0.25, -0.2) is 4.98 Å². The van der Waals surface area contributed by atoms with Crippen molar-refractivity contribution >= 4 is 61.4 Å². The molecule has 0 saturated heterocycles. The number of rotatable bonds is 4. The van der Waals surface area contributed by atoms with Crippen molar-refractivity contribution < 1.29 is 4.79 Å². The van der Waals surface area contributed by atoms with Gasteiger partial charge in [0.1, 0.15) is 5.82 Å². The maximum atomic E-state index is 13.0. The average molecular weight is 481 g/mol. The molecule has 2 N–H and O–H groups in total. The van der Waals surface area contributed by atoms with Gasteiger partial charge < -0.3 is 10.6 Å². The van der Waals surface area contributed by atoms with Crippen LogP contribution < -0.4 is 10.6 Å². The lowest BCUT2D eigenvalue weighted by atomic mass is 10.1. The minimum Gasteiger partial charge on any atom is -0.340 e. The van der Waals surface area contributed by atoms with E-state index in [0.29, 0.717) is 22.1 Å². The summed E-state index contributed by atoms with van der Waals surface area (Å²) in [5, 5.41) is 8.63. The molecule has 0 spiro atoms. The van der Waals surface area contributed by atoms with Gasteiger partial charge >= 0.3 is 0 Å². The summed E-state index contributed by atoms with van der Waals surface area (Å²) in [4.78, 5) is 17.5. The summed E-state index contributed by atoms with van der Waals surface area (Å²) in [5.41, 5.74) is 4.17. The number of pyridine rings is 1. The standard InChI is InChI=1S/C24H19BrClN3O/c1-14-7-10-22(20(25)11-14)29-24(30)19-13-27-23(18-6-4-3-5-17(18)19)28-16-9-8-15(2)21(26)12-16/h3-13H,1-2H3,(H,27,28)(H,29,30). The van der Waals surface area contributed by atoms with Crippen LogP contribution in [0.3, 0.4) is 0 Å². The lowest BCUT2D eigenvalue weighted by Gasteiger charge is -2.13. The van der Waals surface area contributed by atoms with Gasteiger partial charge in [-0.1, -0.05) is 48.0 Å². The van der Waals surface area contributed by atoms with E-state index in [1.54, 1.807) is 6.20 Å². The van der Waals surface area contributed by atoms with Crippen molar-refractivity contribution in [3.63, 3.8) is 0 Å². The normalized spacial score (nSPS) is 10.8. The highest BCUT2D eigenvalue weighted by Gasteiger charge is 2.15. The SMILES string of the molecule is Cc1ccc(NC(=O)c2cnc(Nc3ccc(C)c(Cl)c3)c3ccccc23)c(Br)c1. The Morgan fingerprint density at radius 1 is 1.00 bits per heavy atom. The van der Waals surface area contributed by atoms with Crippen LogP contribution in [0.1, 0.15) is 21.5 Å². The lowest BCUT2D eigenvalue weighted by molar-refractivity contribution is 0.102. The van der Waals surface area contributed by atoms with E-state index < -0.39 is 0 Å². The number of aryl methyl sites for hydroxylation is 2. The smallest absolute Gasteiger partial charge is 0.257 e. The molecule has 0 atom stereocenters. The average Bonchev–Trinajstić information content (AvgIpc) is 2.73. The quantitative estimate of drug-likeness (QED) is 0.323. The van der Waals surface area contributed by atoms with Crippen LogP contribution in [-0.4, -0.2) is 10.9 Å². The van der Waals surface area contributed by atoms with E-state index in [9.17, 15) is 4.79 Å². The largest absolute Gasteiger partial charge is 0.340 e. The number of carbonyl (C=O) groups is 1. The second-order valence-electron chi connectivity index (χ2n) is 7.09. The van der Waals surface area contributed by atoms with Gasteiger partial charge in [-0.2, -0.15) is 0 Å². The van der Waals surface area contributed by atoms with Gasteiger partial charge in [0.25, 0.3) is 5.91 Å². The maximum Gasteiger partial charge on any atom is 0.257 e. The van der Waals surface area contributed by atoms with E-state index in [1.807, 2.05) is 74.5 Å². The third kappa shape index (κ3) is 4.18. The van der Waals surface area contributed by atoms with Crippen molar-refractivity contribution in [2.75, 3.05) is 10.6 Å². The first-order valence-corrected chi connectivity index (χ1v) is 10.6. The summed E-state index contributed by atoms with van der Waals surface area (Å²) < 4.78 is 0.836. The zero-order chi connectivity index (χ0) is 21.3. The molecule has 4 rings (SSSR count). The van der Waals surface area contributed by atoms with Gasteiger partial charge in [-0.15, -0.1) is 0 Å². The summed E-state index contributed by atoms with van der Waals surface area (Å²) >= 11 is 9.75. The number of benzene rings is 3. The van der Waals surface area contributed by atoms with Crippen molar-refractivity contribution in [2.45, 2.75) is 13.8 Å². The third-order valence-electron chi connectivity index (χ3n) is 4.85.